The Labute approximate surface area is 347 Å². The summed E-state index contributed by atoms with van der Waals surface area (Å²) in [6.45, 7) is 0.771. The number of methoxy groups -OCH3 is 2. The van der Waals surface area contributed by atoms with Crippen LogP contribution in [0.25, 0.3) is 21.8 Å². The maximum absolute atomic E-state index is 13.5. The van der Waals surface area contributed by atoms with Crippen LogP contribution < -0.4 is 0 Å². The van der Waals surface area contributed by atoms with E-state index >= 15 is 0 Å². The molecule has 0 radical (unpaired) electrons. The first kappa shape index (κ1) is 40.5. The maximum Gasteiger partial charge on any atom is 0.418 e. The molecular weight excluding hydrogens is 765 g/mol. The van der Waals surface area contributed by atoms with E-state index in [9.17, 15) is 39.3 Å². The smallest absolute Gasteiger partial charge is 0.418 e. The molecule has 4 heterocycles. The number of carbonyl (C=O) groups excluding carboxylic acids is 6. The minimum absolute atomic E-state index is 0.155. The molecule has 2 aromatic carbocycles. The van der Waals surface area contributed by atoms with Crippen molar-refractivity contribution < 1.29 is 38.2 Å². The Morgan fingerprint density at radius 1 is 0.550 bits per heavy atom. The number of unbranched alkanes of at least 4 members (excludes halogenated alkanes) is 9. The van der Waals surface area contributed by atoms with Gasteiger partial charge in [0.25, 0.3) is 0 Å². The number of hydrogen-bond acceptors (Lipinski definition) is 10. The molecule has 2 saturated heterocycles. The number of amides is 4. The summed E-state index contributed by atoms with van der Waals surface area (Å²) in [6, 6.07) is 14.5. The third-order valence-electron chi connectivity index (χ3n) is 13.3. The number of nitriles is 2. The molecule has 4 atom stereocenters. The highest BCUT2D eigenvalue weighted by Crippen LogP contribution is 2.44. The fourth-order valence-electron chi connectivity index (χ4n) is 10.3. The van der Waals surface area contributed by atoms with Crippen molar-refractivity contribution in [3.05, 3.63) is 70.0 Å². The van der Waals surface area contributed by atoms with Gasteiger partial charge in [-0.15, -0.1) is 0 Å². The van der Waals surface area contributed by atoms with Crippen LogP contribution in [0.5, 0.6) is 0 Å². The van der Waals surface area contributed by atoms with Crippen LogP contribution in [-0.2, 0) is 54.3 Å². The number of hydrogen-bond donors (Lipinski definition) is 0. The SMILES string of the molecule is COC(=O)n1c2c(c3cc(C#N)ccc31)CC1C(=O)N(CCCCCCCCCCCCN3C(=O)C4Cc5c(n(C(=O)OC)c6ccc(C#N)cc56)CC4C3=O)C(=O)C1C2. The molecule has 4 aromatic rings. The lowest BCUT2D eigenvalue weighted by molar-refractivity contribution is -0.141. The van der Waals surface area contributed by atoms with Gasteiger partial charge in [-0.3, -0.25) is 29.0 Å². The number of benzene rings is 2. The zero-order valence-electron chi connectivity index (χ0n) is 34.0. The molecule has 14 heteroatoms. The molecule has 0 spiro atoms. The highest BCUT2D eigenvalue weighted by atomic mass is 16.5. The quantitative estimate of drug-likeness (QED) is 0.106. The lowest BCUT2D eigenvalue weighted by Crippen LogP contribution is -2.32. The van der Waals surface area contributed by atoms with Crippen molar-refractivity contribution in [1.29, 1.82) is 10.5 Å². The Morgan fingerprint density at radius 3 is 1.22 bits per heavy atom. The van der Waals surface area contributed by atoms with Gasteiger partial charge in [0.2, 0.25) is 23.6 Å². The first-order valence-electron chi connectivity index (χ1n) is 21.1. The van der Waals surface area contributed by atoms with E-state index in [4.69, 9.17) is 9.47 Å². The number of carbonyl (C=O) groups is 6. The molecule has 4 aliphatic rings. The number of likely N-dealkylation sites (tertiary alicyclic amines) is 2. The summed E-state index contributed by atoms with van der Waals surface area (Å²) in [4.78, 5) is 82.5. The number of aromatic nitrogens is 2. The number of imide groups is 2. The van der Waals surface area contributed by atoms with E-state index in [-0.39, 0.29) is 36.5 Å². The summed E-state index contributed by atoms with van der Waals surface area (Å²) < 4.78 is 13.1. The van der Waals surface area contributed by atoms with Crippen molar-refractivity contribution in [2.24, 2.45) is 23.7 Å². The van der Waals surface area contributed by atoms with Gasteiger partial charge >= 0.3 is 12.2 Å². The first-order valence-corrected chi connectivity index (χ1v) is 21.1. The second kappa shape index (κ2) is 16.8. The van der Waals surface area contributed by atoms with Crippen LogP contribution in [0.4, 0.5) is 9.59 Å². The average molecular weight is 813 g/mol. The molecule has 8 rings (SSSR count). The normalized spacial score (nSPS) is 20.5. The molecular formula is C46H48N6O8. The molecule has 0 bridgehead atoms. The minimum atomic E-state index is -0.562. The first-order chi connectivity index (χ1) is 29.1. The van der Waals surface area contributed by atoms with Gasteiger partial charge in [-0.25, -0.2) is 18.7 Å². The lowest BCUT2D eigenvalue weighted by Gasteiger charge is -2.23. The van der Waals surface area contributed by atoms with Gasteiger partial charge in [-0.05, 0) is 73.2 Å². The second-order valence-corrected chi connectivity index (χ2v) is 16.6. The summed E-state index contributed by atoms with van der Waals surface area (Å²) >= 11 is 0. The van der Waals surface area contributed by atoms with Crippen LogP contribution in [0.15, 0.2) is 36.4 Å². The Hall–Kier alpha value is -6.28. The molecule has 4 amide bonds. The lowest BCUT2D eigenvalue weighted by atomic mass is 9.79. The van der Waals surface area contributed by atoms with Crippen molar-refractivity contribution in [1.82, 2.24) is 18.9 Å². The molecule has 14 nitrogen and oxygen atoms in total. The standard InChI is InChI=1S/C46H48N6O8/c1-59-45(57)51-37-15-13-27(25-47)19-29(37)31-21-33-35(23-39(31)51)43(55)49(41(33)53)17-11-9-7-5-3-4-6-8-10-12-18-50-42(54)34-22-32-30-20-28(26-48)14-16-38(30)52(46(58)60-2)40(32)24-36(34)44(50)56/h13-16,19-20,33-36H,3-12,17-18,21-24H2,1-2H3. The summed E-state index contributed by atoms with van der Waals surface area (Å²) in [5, 5.41) is 20.4. The van der Waals surface area contributed by atoms with Gasteiger partial charge in [0, 0.05) is 48.1 Å². The molecule has 310 valence electrons. The maximum atomic E-state index is 13.5. The predicted octanol–water partition coefficient (Wildman–Crippen LogP) is 6.57. The van der Waals surface area contributed by atoms with Gasteiger partial charge < -0.3 is 9.47 Å². The predicted molar refractivity (Wildman–Crippen MR) is 217 cm³/mol. The number of nitrogens with zero attached hydrogens (tertiary/aromatic N) is 6. The van der Waals surface area contributed by atoms with Gasteiger partial charge in [0.15, 0.2) is 0 Å². The van der Waals surface area contributed by atoms with Crippen LogP contribution in [-0.4, -0.2) is 82.1 Å². The highest BCUT2D eigenvalue weighted by Gasteiger charge is 2.52. The molecule has 2 fully saturated rings. The summed E-state index contributed by atoms with van der Waals surface area (Å²) in [7, 11) is 2.61. The molecule has 0 saturated carbocycles. The second-order valence-electron chi connectivity index (χ2n) is 16.6. The summed E-state index contributed by atoms with van der Waals surface area (Å²) in [5.74, 6) is -2.67. The van der Waals surface area contributed by atoms with Crippen molar-refractivity contribution in [3.8, 4) is 12.1 Å². The molecule has 0 N–H and O–H groups in total. The van der Waals surface area contributed by atoms with E-state index in [0.717, 1.165) is 86.1 Å². The van der Waals surface area contributed by atoms with E-state index in [1.165, 1.54) is 33.2 Å². The van der Waals surface area contributed by atoms with Gasteiger partial charge in [-0.1, -0.05) is 51.4 Å². The van der Waals surface area contributed by atoms with E-state index in [1.807, 2.05) is 0 Å². The minimum Gasteiger partial charge on any atom is -0.452 e. The molecule has 2 aromatic heterocycles. The van der Waals surface area contributed by atoms with Gasteiger partial charge in [0.05, 0.1) is 72.2 Å². The monoisotopic (exact) mass is 812 g/mol. The number of rotatable bonds is 13. The van der Waals surface area contributed by atoms with Crippen molar-refractivity contribution >= 4 is 57.6 Å². The fraction of sp³-hybridized carbons (Fsp3) is 0.478. The molecule has 4 unspecified atom stereocenters. The zero-order valence-corrected chi connectivity index (χ0v) is 34.0. The van der Waals surface area contributed by atoms with Crippen LogP contribution in [0.3, 0.4) is 0 Å². The highest BCUT2D eigenvalue weighted by molar-refractivity contribution is 6.08. The number of ether oxygens (including phenoxy) is 2. The molecule has 2 aliphatic carbocycles. The summed E-state index contributed by atoms with van der Waals surface area (Å²) in [5.41, 5.74) is 5.13. The van der Waals surface area contributed by atoms with Crippen LogP contribution in [0, 0.1) is 46.3 Å². The number of fused-ring (bicyclic) bond motifs is 8. The average Bonchev–Trinajstić information content (AvgIpc) is 3.92. The van der Waals surface area contributed by atoms with Crippen LogP contribution >= 0.6 is 0 Å². The van der Waals surface area contributed by atoms with Crippen molar-refractivity contribution in [3.63, 3.8) is 0 Å². The van der Waals surface area contributed by atoms with Crippen LogP contribution in [0.2, 0.25) is 0 Å². The van der Waals surface area contributed by atoms with Crippen molar-refractivity contribution in [2.75, 3.05) is 27.3 Å². The van der Waals surface area contributed by atoms with E-state index in [0.29, 0.717) is 59.5 Å². The van der Waals surface area contributed by atoms with E-state index in [2.05, 4.69) is 12.1 Å². The molecule has 60 heavy (non-hydrogen) atoms. The van der Waals surface area contributed by atoms with Gasteiger partial charge in [-0.2, -0.15) is 10.5 Å². The van der Waals surface area contributed by atoms with Gasteiger partial charge in [0.1, 0.15) is 0 Å². The van der Waals surface area contributed by atoms with Crippen molar-refractivity contribution in [2.45, 2.75) is 89.9 Å². The van der Waals surface area contributed by atoms with E-state index in [1.54, 1.807) is 36.4 Å². The Kier molecular flexibility index (Phi) is 11.3. The Bertz CT molecular complexity index is 2360. The fourth-order valence-corrected chi connectivity index (χ4v) is 10.3. The molecule has 2 aliphatic heterocycles. The topological polar surface area (TPSA) is 185 Å². The third kappa shape index (κ3) is 6.91. The van der Waals surface area contributed by atoms with E-state index < -0.39 is 35.9 Å². The zero-order chi connectivity index (χ0) is 42.2. The Morgan fingerprint density at radius 2 is 0.883 bits per heavy atom. The summed E-state index contributed by atoms with van der Waals surface area (Å²) in [6.07, 6.45) is 9.68. The largest absolute Gasteiger partial charge is 0.452 e. The Balaban J connectivity index is 0.739. The third-order valence-corrected chi connectivity index (χ3v) is 13.3. The van der Waals surface area contributed by atoms with Crippen LogP contribution in [0.1, 0.15) is 97.8 Å².